The summed E-state index contributed by atoms with van der Waals surface area (Å²) in [7, 11) is 0. The van der Waals surface area contributed by atoms with Gasteiger partial charge in [-0.3, -0.25) is 9.59 Å². The lowest BCUT2D eigenvalue weighted by atomic mass is 9.70. The summed E-state index contributed by atoms with van der Waals surface area (Å²) >= 11 is 4.95. The molecule has 6 heterocycles. The van der Waals surface area contributed by atoms with Gasteiger partial charge in [-0.2, -0.15) is 0 Å². The average Bonchev–Trinajstić information content (AvgIpc) is 3.91. The predicted molar refractivity (Wildman–Crippen MR) is 220 cm³/mol. The molecule has 2 amide bonds. The van der Waals surface area contributed by atoms with Crippen LogP contribution >= 0.6 is 46.2 Å². The van der Waals surface area contributed by atoms with Crippen LogP contribution in [0, 0.1) is 47.6 Å². The summed E-state index contributed by atoms with van der Waals surface area (Å²) < 4.78 is 13.2. The Balaban J connectivity index is 1.14. The molecular weight excluding hydrogens is 785 g/mol. The number of nitrogens with zero attached hydrogens (tertiary/aromatic N) is 8. The Bertz CT molecular complexity index is 2420. The van der Waals surface area contributed by atoms with Crippen molar-refractivity contribution in [2.24, 2.45) is 21.8 Å². The van der Waals surface area contributed by atoms with E-state index < -0.39 is 11.2 Å². The second kappa shape index (κ2) is 13.5. The standard InChI is InChI=1S/C40H30N8O4S4/c1-9-47-35(49)33(55-37(47)25(17-41)43-7)45-29-15-27-31(53-29)21-11-19-14-24-22(12-20(19)13-23(21)39(3,4)51-27)32-28(52-40(24,5)6)16-30(54-32)46-34-36(50)48(10-2)38(56-34)26(18-42)44-8/h11-16,19-20H,9-10H2,1-6H3/b37-25-,38-26+,45-33?,46-34?. The Morgan fingerprint density at radius 1 is 0.750 bits per heavy atom. The largest absolute Gasteiger partial charge is 0.482 e. The normalized spacial score (nSPS) is 25.7. The first-order valence-electron chi connectivity index (χ1n) is 17.5. The molecule has 278 valence electrons. The van der Waals surface area contributed by atoms with E-state index in [1.807, 2.05) is 52.0 Å². The molecule has 16 heteroatoms. The zero-order chi connectivity index (χ0) is 39.8. The van der Waals surface area contributed by atoms with Crippen molar-refractivity contribution in [2.75, 3.05) is 13.1 Å². The number of ether oxygens (including phenoxy) is 2. The van der Waals surface area contributed by atoms with Gasteiger partial charge in [0, 0.05) is 37.1 Å². The van der Waals surface area contributed by atoms with Crippen LogP contribution < -0.4 is 9.47 Å². The lowest BCUT2D eigenvalue weighted by molar-refractivity contribution is -0.121. The van der Waals surface area contributed by atoms with Gasteiger partial charge in [0.25, 0.3) is 23.2 Å². The third kappa shape index (κ3) is 5.84. The maximum atomic E-state index is 13.3. The number of thioether (sulfide) groups is 2. The Kier molecular flexibility index (Phi) is 9.02. The van der Waals surface area contributed by atoms with Gasteiger partial charge >= 0.3 is 0 Å². The molecule has 0 radical (unpaired) electrons. The number of carbonyl (C=O) groups is 2. The molecule has 0 saturated carbocycles. The highest BCUT2D eigenvalue weighted by atomic mass is 32.2. The highest BCUT2D eigenvalue weighted by Crippen LogP contribution is 2.57. The molecule has 6 aliphatic rings. The van der Waals surface area contributed by atoms with Crippen LogP contribution in [-0.2, 0) is 9.59 Å². The van der Waals surface area contributed by atoms with Crippen LogP contribution in [0.4, 0.5) is 10.0 Å². The van der Waals surface area contributed by atoms with E-state index in [0.717, 1.165) is 55.6 Å². The summed E-state index contributed by atoms with van der Waals surface area (Å²) in [4.78, 5) is 47.2. The molecule has 56 heavy (non-hydrogen) atoms. The Labute approximate surface area is 339 Å². The van der Waals surface area contributed by atoms with Crippen LogP contribution in [0.15, 0.2) is 79.0 Å². The van der Waals surface area contributed by atoms with Gasteiger partial charge in [0.1, 0.15) is 42.8 Å². The minimum absolute atomic E-state index is 0.0144. The average molecular weight is 815 g/mol. The minimum atomic E-state index is -0.669. The fourth-order valence-corrected chi connectivity index (χ4v) is 11.6. The molecule has 0 N–H and O–H groups in total. The first-order chi connectivity index (χ1) is 26.7. The third-order valence-corrected chi connectivity index (χ3v) is 14.2. The van der Waals surface area contributed by atoms with Gasteiger partial charge in [0.15, 0.2) is 10.1 Å². The van der Waals surface area contributed by atoms with Crippen molar-refractivity contribution in [1.82, 2.24) is 9.80 Å². The molecule has 2 aliphatic carbocycles. The maximum Gasteiger partial charge on any atom is 0.291 e. The quantitative estimate of drug-likeness (QED) is 0.220. The monoisotopic (exact) mass is 814 g/mol. The molecule has 2 atom stereocenters. The van der Waals surface area contributed by atoms with Crippen molar-refractivity contribution < 1.29 is 19.1 Å². The number of aliphatic imine (C=N–C) groups is 2. The van der Waals surface area contributed by atoms with E-state index in [1.54, 1.807) is 13.8 Å². The van der Waals surface area contributed by atoms with Gasteiger partial charge in [-0.05, 0) is 63.8 Å². The molecule has 2 unspecified atom stereocenters. The lowest BCUT2D eigenvalue weighted by Gasteiger charge is -2.42. The van der Waals surface area contributed by atoms with Crippen LogP contribution in [0.1, 0.15) is 51.3 Å². The molecule has 2 aromatic rings. The Morgan fingerprint density at radius 2 is 1.14 bits per heavy atom. The molecule has 12 nitrogen and oxygen atoms in total. The molecule has 0 bridgehead atoms. The first-order valence-corrected chi connectivity index (χ1v) is 20.8. The molecule has 2 saturated heterocycles. The molecule has 2 aromatic heterocycles. The zero-order valence-corrected chi connectivity index (χ0v) is 34.1. The van der Waals surface area contributed by atoms with Crippen molar-refractivity contribution in [3.63, 3.8) is 0 Å². The molecular formula is C40H30N8O4S4. The number of hydrogen-bond donors (Lipinski definition) is 0. The molecule has 0 aromatic carbocycles. The van der Waals surface area contributed by atoms with Gasteiger partial charge in [-0.25, -0.2) is 30.2 Å². The van der Waals surface area contributed by atoms with Crippen molar-refractivity contribution in [3.8, 4) is 23.6 Å². The fraction of sp³-hybridized carbons (Fsp3) is 0.300. The van der Waals surface area contributed by atoms with Crippen LogP contribution in [0.3, 0.4) is 0 Å². The SMILES string of the molecule is [C-]#[N+]/C(C#N)=C1\SC(=Nc2cc3c(s2)C2=CC4C=C5C(=CC4C=C2C(C)(C)O3)c2sc(N=C3S/C(=C(\C#N)[N+]#[C-])N(CC)C3=O)cc2OC5(C)C)C(=O)N1CC. The summed E-state index contributed by atoms with van der Waals surface area (Å²) in [6.07, 6.45) is 9.11. The number of thiophene rings is 2. The smallest absolute Gasteiger partial charge is 0.291 e. The number of carbonyl (C=O) groups excluding carboxylic acids is 2. The number of nitriles is 2. The number of amides is 2. The molecule has 4 aliphatic heterocycles. The van der Waals surface area contributed by atoms with Gasteiger partial charge < -0.3 is 19.3 Å². The van der Waals surface area contributed by atoms with E-state index in [-0.39, 0.29) is 45.1 Å². The summed E-state index contributed by atoms with van der Waals surface area (Å²) in [5.74, 6) is 0.702. The number of hydrogen-bond acceptors (Lipinski definition) is 12. The van der Waals surface area contributed by atoms with Crippen molar-refractivity contribution >= 4 is 89.2 Å². The van der Waals surface area contributed by atoms with E-state index in [1.165, 1.54) is 32.5 Å². The lowest BCUT2D eigenvalue weighted by Crippen LogP contribution is -2.39. The van der Waals surface area contributed by atoms with E-state index in [0.29, 0.717) is 44.6 Å². The van der Waals surface area contributed by atoms with E-state index >= 15 is 0 Å². The summed E-state index contributed by atoms with van der Waals surface area (Å²) in [6.45, 7) is 27.1. The number of rotatable bonds is 4. The molecule has 0 spiro atoms. The summed E-state index contributed by atoms with van der Waals surface area (Å²) in [5.41, 5.74) is 2.59. The van der Waals surface area contributed by atoms with Crippen LogP contribution in [0.2, 0.25) is 0 Å². The zero-order valence-electron chi connectivity index (χ0n) is 30.9. The molecule has 2 fully saturated rings. The van der Waals surface area contributed by atoms with Gasteiger partial charge in [-0.1, -0.05) is 47.8 Å². The van der Waals surface area contributed by atoms with E-state index in [2.05, 4.69) is 34.0 Å². The highest BCUT2D eigenvalue weighted by molar-refractivity contribution is 8.20. The van der Waals surface area contributed by atoms with Crippen LogP contribution in [0.5, 0.6) is 11.5 Å². The third-order valence-electron chi connectivity index (χ3n) is 9.98. The van der Waals surface area contributed by atoms with E-state index in [4.69, 9.17) is 32.6 Å². The topological polar surface area (TPSA) is 140 Å². The van der Waals surface area contributed by atoms with E-state index in [9.17, 15) is 20.1 Å². The minimum Gasteiger partial charge on any atom is -0.482 e. The number of fused-ring (bicyclic) bond motifs is 7. The van der Waals surface area contributed by atoms with Gasteiger partial charge in [-0.15, -0.1) is 22.7 Å². The van der Waals surface area contributed by atoms with Crippen molar-refractivity contribution in [2.45, 2.75) is 52.7 Å². The van der Waals surface area contributed by atoms with Crippen LogP contribution in [0.25, 0.3) is 20.8 Å². The van der Waals surface area contributed by atoms with Gasteiger partial charge in [0.2, 0.25) is 0 Å². The van der Waals surface area contributed by atoms with Crippen molar-refractivity contribution in [3.05, 3.63) is 102 Å². The Morgan fingerprint density at radius 3 is 1.48 bits per heavy atom. The second-order valence-corrected chi connectivity index (χ2v) is 18.2. The molecule has 8 rings (SSSR count). The van der Waals surface area contributed by atoms with Crippen LogP contribution in [-0.4, -0.2) is 56.0 Å². The summed E-state index contributed by atoms with van der Waals surface area (Å²) in [5, 5.41) is 21.1. The Hall–Kier alpha value is -5.62. The van der Waals surface area contributed by atoms with Crippen molar-refractivity contribution in [1.29, 1.82) is 10.5 Å². The maximum absolute atomic E-state index is 13.3. The summed E-state index contributed by atoms with van der Waals surface area (Å²) in [6, 6.07) is 7.48. The first kappa shape index (κ1) is 37.3. The fourth-order valence-electron chi connectivity index (χ4n) is 7.44. The predicted octanol–water partition coefficient (Wildman–Crippen LogP) is 9.21. The highest BCUT2D eigenvalue weighted by Gasteiger charge is 2.45. The number of allylic oxidation sites excluding steroid dienone is 6. The second-order valence-electron chi connectivity index (χ2n) is 14.1. The van der Waals surface area contributed by atoms with Gasteiger partial charge in [0.05, 0.1) is 35.0 Å².